The number of nitrogens with zero attached hydrogens (tertiary/aromatic N) is 2. The molecule has 0 radical (unpaired) electrons. The number of anilines is 3. The minimum Gasteiger partial charge on any atom is -0.310 e. The Morgan fingerprint density at radius 2 is 0.955 bits per heavy atom. The number of hydrogen-bond acceptors (Lipinski definition) is 1. The van der Waals surface area contributed by atoms with Crippen LogP contribution >= 0.6 is 0 Å². The van der Waals surface area contributed by atoms with Gasteiger partial charge in [0.25, 0.3) is 0 Å². The van der Waals surface area contributed by atoms with Gasteiger partial charge in [0, 0.05) is 33.4 Å². The van der Waals surface area contributed by atoms with E-state index in [2.05, 4.69) is 191 Å². The predicted octanol–water partition coefficient (Wildman–Crippen LogP) is 11.6. The Bertz CT molecular complexity index is 2210. The normalized spacial score (nSPS) is 11.2. The van der Waals surface area contributed by atoms with Crippen molar-refractivity contribution in [1.82, 2.24) is 4.57 Å². The Balaban J connectivity index is 1.35. The third kappa shape index (κ3) is 4.45. The van der Waals surface area contributed by atoms with Crippen molar-refractivity contribution in [3.8, 4) is 27.9 Å². The SMILES string of the molecule is c1ccc(-c2ccccc2N(c2ccccc2)c2cccc(-c3cccc4c3c3ccccc3n4-c3ccccc3)c2)cc1. The molecule has 0 unspecified atom stereocenters. The van der Waals surface area contributed by atoms with Crippen LogP contribution in [0.4, 0.5) is 17.1 Å². The molecule has 0 saturated heterocycles. The smallest absolute Gasteiger partial charge is 0.0547 e. The molecule has 1 heterocycles. The molecule has 0 aliphatic carbocycles. The highest BCUT2D eigenvalue weighted by atomic mass is 15.1. The maximum absolute atomic E-state index is 2.38. The fourth-order valence-electron chi connectivity index (χ4n) is 6.46. The third-order valence-electron chi connectivity index (χ3n) is 8.37. The van der Waals surface area contributed by atoms with E-state index in [4.69, 9.17) is 0 Å². The fourth-order valence-corrected chi connectivity index (χ4v) is 6.46. The molecule has 7 aromatic carbocycles. The van der Waals surface area contributed by atoms with E-state index in [-0.39, 0.29) is 0 Å². The molecule has 0 atom stereocenters. The predicted molar refractivity (Wildman–Crippen MR) is 186 cm³/mol. The summed E-state index contributed by atoms with van der Waals surface area (Å²) >= 11 is 0. The van der Waals surface area contributed by atoms with Crippen LogP contribution in [-0.4, -0.2) is 4.57 Å². The molecule has 208 valence electrons. The molecule has 44 heavy (non-hydrogen) atoms. The number of hydrogen-bond donors (Lipinski definition) is 0. The molecule has 0 spiro atoms. The summed E-state index contributed by atoms with van der Waals surface area (Å²) in [4.78, 5) is 2.37. The molecule has 0 saturated carbocycles. The Labute approximate surface area is 257 Å². The highest BCUT2D eigenvalue weighted by Crippen LogP contribution is 2.43. The summed E-state index contributed by atoms with van der Waals surface area (Å²) in [6.45, 7) is 0. The first-order chi connectivity index (χ1) is 21.9. The largest absolute Gasteiger partial charge is 0.310 e. The summed E-state index contributed by atoms with van der Waals surface area (Å²) in [5.74, 6) is 0. The molecule has 0 aliphatic heterocycles. The maximum atomic E-state index is 2.38. The van der Waals surface area contributed by atoms with E-state index in [1.807, 2.05) is 0 Å². The molecule has 0 aliphatic rings. The molecule has 0 N–H and O–H groups in total. The number of rotatable bonds is 6. The van der Waals surface area contributed by atoms with Crippen molar-refractivity contribution in [3.05, 3.63) is 182 Å². The minimum atomic E-state index is 1.11. The average molecular weight is 563 g/mol. The highest BCUT2D eigenvalue weighted by molar-refractivity contribution is 6.15. The van der Waals surface area contributed by atoms with Crippen LogP contribution < -0.4 is 4.90 Å². The second-order valence-corrected chi connectivity index (χ2v) is 11.0. The lowest BCUT2D eigenvalue weighted by Crippen LogP contribution is -2.11. The first-order valence-corrected chi connectivity index (χ1v) is 15.0. The maximum Gasteiger partial charge on any atom is 0.0547 e. The van der Waals surface area contributed by atoms with Crippen molar-refractivity contribution in [3.63, 3.8) is 0 Å². The molecule has 8 rings (SSSR count). The van der Waals surface area contributed by atoms with Gasteiger partial charge >= 0.3 is 0 Å². The second-order valence-electron chi connectivity index (χ2n) is 11.0. The van der Waals surface area contributed by atoms with Gasteiger partial charge in [-0.2, -0.15) is 0 Å². The Morgan fingerprint density at radius 3 is 1.77 bits per heavy atom. The zero-order valence-corrected chi connectivity index (χ0v) is 24.2. The van der Waals surface area contributed by atoms with Crippen LogP contribution in [-0.2, 0) is 0 Å². The highest BCUT2D eigenvalue weighted by Gasteiger charge is 2.19. The topological polar surface area (TPSA) is 8.17 Å². The van der Waals surface area contributed by atoms with Crippen molar-refractivity contribution < 1.29 is 0 Å². The van der Waals surface area contributed by atoms with Gasteiger partial charge in [-0.15, -0.1) is 0 Å². The fraction of sp³-hybridized carbons (Fsp3) is 0. The standard InChI is InChI=1S/C42H30N2/c1-4-16-31(17-5-1)36-24-10-12-27-39(36)43(33-19-6-2-7-20-33)35-23-14-18-32(30-35)37-26-15-29-41-42(37)38-25-11-13-28-40(38)44(41)34-21-8-3-9-22-34/h1-30H. The number of para-hydroxylation sites is 4. The third-order valence-corrected chi connectivity index (χ3v) is 8.37. The van der Waals surface area contributed by atoms with Gasteiger partial charge in [0.15, 0.2) is 0 Å². The van der Waals surface area contributed by atoms with Crippen molar-refractivity contribution in [1.29, 1.82) is 0 Å². The first kappa shape index (κ1) is 25.8. The van der Waals surface area contributed by atoms with Crippen LogP contribution in [0.3, 0.4) is 0 Å². The Morgan fingerprint density at radius 1 is 0.386 bits per heavy atom. The molecule has 2 nitrogen and oxygen atoms in total. The van der Waals surface area contributed by atoms with Crippen molar-refractivity contribution in [2.24, 2.45) is 0 Å². The second kappa shape index (κ2) is 11.1. The van der Waals surface area contributed by atoms with Gasteiger partial charge in [-0.1, -0.05) is 127 Å². The van der Waals surface area contributed by atoms with E-state index >= 15 is 0 Å². The van der Waals surface area contributed by atoms with Crippen LogP contribution in [0, 0.1) is 0 Å². The molecule has 8 aromatic rings. The van der Waals surface area contributed by atoms with Gasteiger partial charge in [-0.05, 0) is 71.3 Å². The molecule has 2 heteroatoms. The summed E-state index contributed by atoms with van der Waals surface area (Å²) in [5, 5.41) is 2.52. The van der Waals surface area contributed by atoms with Gasteiger partial charge in [0.2, 0.25) is 0 Å². The van der Waals surface area contributed by atoms with E-state index in [9.17, 15) is 0 Å². The summed E-state index contributed by atoms with van der Waals surface area (Å²) in [6.07, 6.45) is 0. The molecule has 0 amide bonds. The zero-order valence-electron chi connectivity index (χ0n) is 24.2. The molecule has 0 fully saturated rings. The van der Waals surface area contributed by atoms with E-state index in [0.717, 1.165) is 22.7 Å². The lowest BCUT2D eigenvalue weighted by molar-refractivity contribution is 1.18. The van der Waals surface area contributed by atoms with Gasteiger partial charge in [0.05, 0.1) is 16.7 Å². The summed E-state index contributed by atoms with van der Waals surface area (Å²) in [5.41, 5.74) is 11.7. The van der Waals surface area contributed by atoms with Crippen molar-refractivity contribution in [2.75, 3.05) is 4.90 Å². The lowest BCUT2D eigenvalue weighted by atomic mass is 9.98. The van der Waals surface area contributed by atoms with Gasteiger partial charge < -0.3 is 9.47 Å². The number of aromatic nitrogens is 1. The number of benzene rings is 7. The Hall–Kier alpha value is -5.86. The van der Waals surface area contributed by atoms with Crippen LogP contribution in [0.2, 0.25) is 0 Å². The molecular weight excluding hydrogens is 532 g/mol. The van der Waals surface area contributed by atoms with Gasteiger partial charge in [-0.25, -0.2) is 0 Å². The summed E-state index contributed by atoms with van der Waals surface area (Å²) in [7, 11) is 0. The van der Waals surface area contributed by atoms with Crippen molar-refractivity contribution in [2.45, 2.75) is 0 Å². The quantitative estimate of drug-likeness (QED) is 0.196. The number of fused-ring (bicyclic) bond motifs is 3. The van der Waals surface area contributed by atoms with Crippen LogP contribution in [0.15, 0.2) is 182 Å². The monoisotopic (exact) mass is 562 g/mol. The summed E-state index contributed by atoms with van der Waals surface area (Å²) < 4.78 is 2.38. The molecule has 1 aromatic heterocycles. The van der Waals surface area contributed by atoms with E-state index < -0.39 is 0 Å². The van der Waals surface area contributed by atoms with E-state index in [1.54, 1.807) is 0 Å². The minimum absolute atomic E-state index is 1.11. The van der Waals surface area contributed by atoms with E-state index in [0.29, 0.717) is 0 Å². The van der Waals surface area contributed by atoms with Gasteiger partial charge in [0.1, 0.15) is 0 Å². The first-order valence-electron chi connectivity index (χ1n) is 15.0. The van der Waals surface area contributed by atoms with E-state index in [1.165, 1.54) is 44.1 Å². The van der Waals surface area contributed by atoms with Crippen molar-refractivity contribution >= 4 is 38.9 Å². The molecule has 0 bridgehead atoms. The lowest BCUT2D eigenvalue weighted by Gasteiger charge is -2.28. The van der Waals surface area contributed by atoms with Gasteiger partial charge in [-0.3, -0.25) is 0 Å². The summed E-state index contributed by atoms with van der Waals surface area (Å²) in [6, 6.07) is 65.0. The van der Waals surface area contributed by atoms with Crippen LogP contribution in [0.25, 0.3) is 49.7 Å². The molecular formula is C42H30N2. The van der Waals surface area contributed by atoms with Crippen LogP contribution in [0.1, 0.15) is 0 Å². The average Bonchev–Trinajstić information content (AvgIpc) is 3.45. The zero-order chi connectivity index (χ0) is 29.3. The Kier molecular flexibility index (Phi) is 6.51. The van der Waals surface area contributed by atoms with Crippen LogP contribution in [0.5, 0.6) is 0 Å².